The first-order valence-electron chi connectivity index (χ1n) is 20.1. The van der Waals surface area contributed by atoms with Crippen LogP contribution in [0.15, 0.2) is 91.0 Å². The van der Waals surface area contributed by atoms with Gasteiger partial charge in [-0.2, -0.15) is 0 Å². The van der Waals surface area contributed by atoms with Crippen LogP contribution < -0.4 is 24.8 Å². The Kier molecular flexibility index (Phi) is 13.1. The molecule has 4 atom stereocenters. The molecule has 3 aromatic carbocycles. The van der Waals surface area contributed by atoms with E-state index in [9.17, 15) is 24.3 Å². The number of aliphatic carboxylic acids is 1. The highest BCUT2D eigenvalue weighted by Gasteiger charge is 2.44. The number of nitrogens with one attached hydrogen (secondary N) is 2. The number of hydrogen-bond acceptors (Lipinski definition) is 9. The molecule has 4 aromatic rings. The van der Waals surface area contributed by atoms with Gasteiger partial charge in [0.2, 0.25) is 11.8 Å². The second-order valence-electron chi connectivity index (χ2n) is 15.0. The smallest absolute Gasteiger partial charge is 0.408 e. The summed E-state index contributed by atoms with van der Waals surface area (Å²) >= 11 is 0. The number of pyridine rings is 1. The molecular weight excluding hydrogens is 741 g/mol. The molecule has 1 aromatic heterocycles. The Hall–Kier alpha value is -6.11. The maximum Gasteiger partial charge on any atom is 0.408 e. The maximum atomic E-state index is 14.9. The third kappa shape index (κ3) is 10.1. The van der Waals surface area contributed by atoms with Crippen molar-refractivity contribution < 1.29 is 43.2 Å². The molecule has 1 aliphatic carbocycles. The largest absolute Gasteiger partial charge is 0.497 e. The normalized spacial score (nSPS) is 22.7. The van der Waals surface area contributed by atoms with Crippen LogP contribution in [0.3, 0.4) is 0 Å². The van der Waals surface area contributed by atoms with Gasteiger partial charge in [-0.3, -0.25) is 9.59 Å². The molecule has 2 bridgehead atoms. The zero-order chi connectivity index (χ0) is 40.4. The fraction of sp³-hybridized carbons (Fsp3) is 0.400. The van der Waals surface area contributed by atoms with Crippen molar-refractivity contribution in [2.75, 3.05) is 20.3 Å². The Balaban J connectivity index is 1.23. The molecule has 3 amide bonds. The molecule has 0 spiro atoms. The minimum absolute atomic E-state index is 0.0168. The van der Waals surface area contributed by atoms with Crippen LogP contribution in [0, 0.1) is 0 Å². The lowest BCUT2D eigenvalue weighted by Gasteiger charge is -2.29. The van der Waals surface area contributed by atoms with Crippen LogP contribution in [0.25, 0.3) is 22.2 Å². The first kappa shape index (κ1) is 40.1. The van der Waals surface area contributed by atoms with Gasteiger partial charge in [0, 0.05) is 35.9 Å². The number of amides is 3. The Morgan fingerprint density at radius 3 is 2.52 bits per heavy atom. The number of allylic oxidation sites excluding steroid dienone is 2. The van der Waals surface area contributed by atoms with Crippen LogP contribution in [-0.4, -0.2) is 89.5 Å². The molecule has 13 heteroatoms. The van der Waals surface area contributed by atoms with Gasteiger partial charge in [0.15, 0.2) is 0 Å². The molecule has 1 saturated heterocycles. The van der Waals surface area contributed by atoms with E-state index >= 15 is 0 Å². The molecule has 304 valence electrons. The lowest BCUT2D eigenvalue weighted by atomic mass is 10.0. The van der Waals surface area contributed by atoms with Crippen LogP contribution in [0.4, 0.5) is 4.79 Å². The number of aromatic nitrogens is 1. The average Bonchev–Trinajstić information content (AvgIpc) is 3.91. The molecule has 3 N–H and O–H groups in total. The fourth-order valence-corrected chi connectivity index (χ4v) is 7.86. The first-order chi connectivity index (χ1) is 28.2. The summed E-state index contributed by atoms with van der Waals surface area (Å²) in [5, 5.41) is 16.4. The van der Waals surface area contributed by atoms with Crippen LogP contribution in [0.5, 0.6) is 17.2 Å². The first-order valence-corrected chi connectivity index (χ1v) is 20.1. The van der Waals surface area contributed by atoms with E-state index in [0.29, 0.717) is 46.9 Å². The predicted octanol–water partition coefficient (Wildman–Crippen LogP) is 6.62. The second-order valence-corrected chi connectivity index (χ2v) is 15.0. The number of carbonyl (C=O) groups is 4. The van der Waals surface area contributed by atoms with Crippen molar-refractivity contribution in [3.63, 3.8) is 0 Å². The lowest BCUT2D eigenvalue weighted by Crippen LogP contribution is -2.56. The van der Waals surface area contributed by atoms with Crippen molar-refractivity contribution in [1.29, 1.82) is 0 Å². The van der Waals surface area contributed by atoms with E-state index in [-0.39, 0.29) is 31.9 Å². The molecule has 2 fully saturated rings. The van der Waals surface area contributed by atoms with Crippen molar-refractivity contribution in [2.45, 2.75) is 94.5 Å². The maximum absolute atomic E-state index is 14.9. The molecular formula is C45H50N4O9. The zero-order valence-corrected chi connectivity index (χ0v) is 32.6. The van der Waals surface area contributed by atoms with Crippen LogP contribution in [-0.2, 0) is 25.5 Å². The molecule has 3 aliphatic rings. The summed E-state index contributed by atoms with van der Waals surface area (Å²) in [5.41, 5.74) is 2.89. The second kappa shape index (κ2) is 18.9. The third-order valence-corrected chi connectivity index (χ3v) is 10.9. The van der Waals surface area contributed by atoms with Gasteiger partial charge < -0.3 is 39.6 Å². The summed E-state index contributed by atoms with van der Waals surface area (Å²) in [6.45, 7) is 0.441. The Morgan fingerprint density at radius 2 is 1.72 bits per heavy atom. The number of carboxylic acid groups (broad SMARTS) is 1. The molecule has 13 nitrogen and oxygen atoms in total. The lowest BCUT2D eigenvalue weighted by molar-refractivity contribution is -0.144. The molecule has 1 saturated carbocycles. The van der Waals surface area contributed by atoms with Crippen molar-refractivity contribution in [1.82, 2.24) is 20.5 Å². The highest BCUT2D eigenvalue weighted by atomic mass is 16.6. The summed E-state index contributed by atoms with van der Waals surface area (Å²) in [6.07, 6.45) is 7.88. The monoisotopic (exact) mass is 790 g/mol. The Labute approximate surface area is 337 Å². The summed E-state index contributed by atoms with van der Waals surface area (Å²) in [6, 6.07) is 20.9. The minimum atomic E-state index is -1.19. The summed E-state index contributed by atoms with van der Waals surface area (Å²) < 4.78 is 24.0. The van der Waals surface area contributed by atoms with Crippen molar-refractivity contribution in [2.24, 2.45) is 0 Å². The van der Waals surface area contributed by atoms with E-state index in [4.69, 9.17) is 23.9 Å². The van der Waals surface area contributed by atoms with Crippen LogP contribution >= 0.6 is 0 Å². The van der Waals surface area contributed by atoms with Gasteiger partial charge in [-0.25, -0.2) is 14.6 Å². The molecule has 0 radical (unpaired) electrons. The molecule has 58 heavy (non-hydrogen) atoms. The molecule has 3 heterocycles. The summed E-state index contributed by atoms with van der Waals surface area (Å²) in [7, 11) is 1.58. The van der Waals surface area contributed by atoms with E-state index in [1.807, 2.05) is 91.0 Å². The number of carboxylic acids is 1. The van der Waals surface area contributed by atoms with E-state index in [1.165, 1.54) is 4.90 Å². The number of carbonyl (C=O) groups excluding carboxylic acids is 3. The van der Waals surface area contributed by atoms with Gasteiger partial charge in [0.1, 0.15) is 47.6 Å². The number of benzene rings is 3. The zero-order valence-electron chi connectivity index (χ0n) is 32.6. The Morgan fingerprint density at radius 1 is 0.914 bits per heavy atom. The van der Waals surface area contributed by atoms with E-state index < -0.39 is 48.1 Å². The fourth-order valence-electron chi connectivity index (χ4n) is 7.86. The summed E-state index contributed by atoms with van der Waals surface area (Å²) in [5.74, 6) is -0.576. The number of fused-ring (bicyclic) bond motifs is 4. The van der Waals surface area contributed by atoms with Crippen LogP contribution in [0.2, 0.25) is 0 Å². The number of rotatable bonds is 7. The van der Waals surface area contributed by atoms with Gasteiger partial charge >= 0.3 is 12.1 Å². The third-order valence-electron chi connectivity index (χ3n) is 10.9. The van der Waals surface area contributed by atoms with Gasteiger partial charge in [-0.15, -0.1) is 0 Å². The van der Waals surface area contributed by atoms with Gasteiger partial charge in [0.25, 0.3) is 0 Å². The van der Waals surface area contributed by atoms with E-state index in [0.717, 1.165) is 49.7 Å². The number of nitrogens with zero attached hydrogens (tertiary/aromatic N) is 2. The van der Waals surface area contributed by atoms with Gasteiger partial charge in [-0.1, -0.05) is 54.6 Å². The SMILES string of the molecule is COc1ccc2c(O[C@@H]3C[C@H]4C(=O)N[C@@H](C(=O)O)CC/C=C/CCCOc5cccc(c5)C[C@@H](NC(=O)OC5CCCC5)C(=O)N4C3)cc(-c3ccccc3)nc2c1. The van der Waals surface area contributed by atoms with Gasteiger partial charge in [-0.05, 0) is 81.2 Å². The van der Waals surface area contributed by atoms with E-state index in [1.54, 1.807) is 7.11 Å². The highest BCUT2D eigenvalue weighted by Crippen LogP contribution is 2.35. The Bertz CT molecular complexity index is 2120. The van der Waals surface area contributed by atoms with E-state index in [2.05, 4.69) is 10.6 Å². The van der Waals surface area contributed by atoms with Gasteiger partial charge in [0.05, 0.1) is 31.5 Å². The molecule has 7 rings (SSSR count). The topological polar surface area (TPSA) is 166 Å². The minimum Gasteiger partial charge on any atom is -0.497 e. The highest BCUT2D eigenvalue weighted by molar-refractivity contribution is 5.94. The van der Waals surface area contributed by atoms with Crippen molar-refractivity contribution in [3.8, 4) is 28.5 Å². The number of hydrogen-bond donors (Lipinski definition) is 3. The van der Waals surface area contributed by atoms with Crippen molar-refractivity contribution in [3.05, 3.63) is 96.6 Å². The number of methoxy groups -OCH3 is 1. The molecule has 0 unspecified atom stereocenters. The quantitative estimate of drug-likeness (QED) is 0.173. The molecule has 2 aliphatic heterocycles. The summed E-state index contributed by atoms with van der Waals surface area (Å²) in [4.78, 5) is 61.2. The number of ether oxygens (including phenoxy) is 4. The van der Waals surface area contributed by atoms with Crippen molar-refractivity contribution >= 4 is 34.8 Å². The predicted molar refractivity (Wildman–Crippen MR) is 217 cm³/mol. The standard InChI is InChI=1S/C45H50N4O9/c1-55-32-20-21-35-38(25-32)46-37(30-14-6-5-7-15-30)27-41(35)57-34-26-40-42(50)47-36(44(52)53)19-8-3-2-4-11-22-56-33-18-12-13-29(23-33)24-39(43(51)49(40)28-34)48-45(54)58-31-16-9-10-17-31/h2-3,5-7,12-15,18,20-21,23,25,27,31,34,36,39-40H,4,8-11,16-17,19,22,24,26,28H2,1H3,(H,47,50)(H,48,54)(H,52,53)/b3-2+/t34-,36-,39-,40+/m1/s1. The average molecular weight is 791 g/mol. The number of alkyl carbamates (subject to hydrolysis) is 1. The van der Waals surface area contributed by atoms with Crippen LogP contribution in [0.1, 0.15) is 63.4 Å².